The Morgan fingerprint density at radius 2 is 1.80 bits per heavy atom. The highest BCUT2D eigenvalue weighted by Crippen LogP contribution is 2.45. The van der Waals surface area contributed by atoms with Crippen LogP contribution in [0.2, 0.25) is 5.02 Å². The summed E-state index contributed by atoms with van der Waals surface area (Å²) in [5, 5.41) is 10.4. The van der Waals surface area contributed by atoms with Crippen LogP contribution >= 0.6 is 11.6 Å². The van der Waals surface area contributed by atoms with Gasteiger partial charge < -0.3 is 20.1 Å². The van der Waals surface area contributed by atoms with E-state index >= 15 is 0 Å². The molecule has 1 aliphatic heterocycles. The number of anilines is 1. The van der Waals surface area contributed by atoms with Crippen molar-refractivity contribution in [1.82, 2.24) is 15.1 Å². The summed E-state index contributed by atoms with van der Waals surface area (Å²) in [7, 11) is 2.96. The molecule has 5 rings (SSSR count). The molecule has 0 saturated carbocycles. The van der Waals surface area contributed by atoms with E-state index in [2.05, 4.69) is 15.7 Å². The molecule has 0 fully saturated rings. The second-order valence-electron chi connectivity index (χ2n) is 9.33. The number of carbonyl (C=O) groups is 1. The highest BCUT2D eigenvalue weighted by molar-refractivity contribution is 6.34. The molecule has 2 atom stereocenters. The van der Waals surface area contributed by atoms with Gasteiger partial charge in [-0.05, 0) is 35.4 Å². The van der Waals surface area contributed by atoms with E-state index in [1.165, 1.54) is 26.4 Å². The third-order valence-corrected chi connectivity index (χ3v) is 7.12. The molecule has 3 aromatic carbocycles. The van der Waals surface area contributed by atoms with Crippen molar-refractivity contribution in [3.8, 4) is 22.8 Å². The van der Waals surface area contributed by atoms with Gasteiger partial charge in [-0.1, -0.05) is 54.1 Å². The zero-order chi connectivity index (χ0) is 28.4. The first-order valence-electron chi connectivity index (χ1n) is 12.4. The number of hydrogen-bond acceptors (Lipinski definition) is 5. The minimum absolute atomic E-state index is 0.164. The Hall–Kier alpha value is -4.18. The number of nitrogens with zero attached hydrogens (tertiary/aromatic N) is 2. The van der Waals surface area contributed by atoms with Crippen molar-refractivity contribution < 1.29 is 27.4 Å². The van der Waals surface area contributed by atoms with Gasteiger partial charge in [-0.25, -0.2) is 4.68 Å². The van der Waals surface area contributed by atoms with Crippen molar-refractivity contribution in [3.63, 3.8) is 0 Å². The van der Waals surface area contributed by atoms with E-state index in [9.17, 15) is 18.0 Å². The Kier molecular flexibility index (Phi) is 7.62. The summed E-state index contributed by atoms with van der Waals surface area (Å²) < 4.78 is 54.1. The molecule has 0 saturated heterocycles. The predicted molar refractivity (Wildman–Crippen MR) is 146 cm³/mol. The number of fused-ring (bicyclic) bond motifs is 1. The van der Waals surface area contributed by atoms with Gasteiger partial charge in [0.2, 0.25) is 0 Å². The molecule has 4 aromatic rings. The van der Waals surface area contributed by atoms with E-state index in [4.69, 9.17) is 21.1 Å². The number of ether oxygens (including phenoxy) is 2. The second kappa shape index (κ2) is 11.1. The number of alkyl halides is 3. The van der Waals surface area contributed by atoms with Crippen LogP contribution in [0.25, 0.3) is 11.3 Å². The van der Waals surface area contributed by atoms with E-state index in [1.807, 2.05) is 30.3 Å². The van der Waals surface area contributed by atoms with Gasteiger partial charge in [-0.3, -0.25) is 4.79 Å². The first-order valence-corrected chi connectivity index (χ1v) is 12.8. The van der Waals surface area contributed by atoms with Crippen LogP contribution in [0.4, 0.5) is 19.0 Å². The molecule has 1 aromatic heterocycles. The first kappa shape index (κ1) is 27.4. The fourth-order valence-corrected chi connectivity index (χ4v) is 5.00. The lowest BCUT2D eigenvalue weighted by Crippen LogP contribution is -2.35. The monoisotopic (exact) mass is 570 g/mol. The summed E-state index contributed by atoms with van der Waals surface area (Å²) in [6, 6.07) is 18.2. The molecule has 208 valence electrons. The number of nitrogens with one attached hydrogen (secondary N) is 2. The summed E-state index contributed by atoms with van der Waals surface area (Å²) in [4.78, 5) is 12.7. The molecule has 2 unspecified atom stereocenters. The van der Waals surface area contributed by atoms with E-state index in [0.717, 1.165) is 10.2 Å². The van der Waals surface area contributed by atoms with Crippen LogP contribution in [0.5, 0.6) is 11.5 Å². The highest BCUT2D eigenvalue weighted by atomic mass is 35.5. The lowest BCUT2D eigenvalue weighted by Gasteiger charge is -2.33. The third kappa shape index (κ3) is 5.58. The second-order valence-corrected chi connectivity index (χ2v) is 9.73. The topological polar surface area (TPSA) is 77.4 Å². The Morgan fingerprint density at radius 3 is 2.48 bits per heavy atom. The summed E-state index contributed by atoms with van der Waals surface area (Å²) in [5.74, 6) is 0.758. The lowest BCUT2D eigenvalue weighted by atomic mass is 9.96. The van der Waals surface area contributed by atoms with Gasteiger partial charge in [0.25, 0.3) is 5.91 Å². The number of benzene rings is 3. The van der Waals surface area contributed by atoms with Crippen LogP contribution in [-0.2, 0) is 6.54 Å². The van der Waals surface area contributed by atoms with Crippen LogP contribution in [0.15, 0.2) is 72.8 Å². The number of aromatic nitrogens is 2. The summed E-state index contributed by atoms with van der Waals surface area (Å²) in [6.45, 7) is 0.331. The van der Waals surface area contributed by atoms with Crippen LogP contribution in [0.3, 0.4) is 0 Å². The lowest BCUT2D eigenvalue weighted by molar-refractivity contribution is -0.173. The average Bonchev–Trinajstić information content (AvgIpc) is 3.39. The molecule has 0 aliphatic carbocycles. The van der Waals surface area contributed by atoms with Crippen molar-refractivity contribution in [1.29, 1.82) is 0 Å². The van der Waals surface area contributed by atoms with Gasteiger partial charge in [0, 0.05) is 24.6 Å². The Morgan fingerprint density at radius 1 is 1.05 bits per heavy atom. The maximum Gasteiger partial charge on any atom is 0.410 e. The van der Waals surface area contributed by atoms with Gasteiger partial charge >= 0.3 is 6.18 Å². The molecule has 2 N–H and O–H groups in total. The number of rotatable bonds is 7. The first-order chi connectivity index (χ1) is 19.2. The van der Waals surface area contributed by atoms with Crippen LogP contribution in [-0.4, -0.2) is 36.1 Å². The van der Waals surface area contributed by atoms with Crippen molar-refractivity contribution in [2.24, 2.45) is 0 Å². The Labute approximate surface area is 233 Å². The third-order valence-electron chi connectivity index (χ3n) is 6.81. The minimum atomic E-state index is -4.53. The molecular weight excluding hydrogens is 545 g/mol. The van der Waals surface area contributed by atoms with Crippen LogP contribution < -0.4 is 20.1 Å². The van der Waals surface area contributed by atoms with Crippen molar-refractivity contribution in [3.05, 3.63) is 94.5 Å². The molecule has 1 aliphatic rings. The fraction of sp³-hybridized carbons (Fsp3) is 0.241. The van der Waals surface area contributed by atoms with E-state index in [0.29, 0.717) is 34.9 Å². The maximum atomic E-state index is 14.2. The normalized spacial score (nSPS) is 16.6. The minimum Gasteiger partial charge on any atom is -0.493 e. The number of methoxy groups -OCH3 is 2. The molecule has 7 nitrogen and oxygen atoms in total. The molecule has 0 spiro atoms. The van der Waals surface area contributed by atoms with Gasteiger partial charge in [0.1, 0.15) is 5.82 Å². The molecule has 40 heavy (non-hydrogen) atoms. The zero-order valence-corrected chi connectivity index (χ0v) is 22.4. The Bertz CT molecular complexity index is 1520. The molecule has 0 radical (unpaired) electrons. The van der Waals surface area contributed by atoms with Crippen LogP contribution in [0.1, 0.15) is 40.0 Å². The van der Waals surface area contributed by atoms with Gasteiger partial charge in [0.05, 0.1) is 36.5 Å². The quantitative estimate of drug-likeness (QED) is 0.255. The predicted octanol–water partition coefficient (Wildman–Crippen LogP) is 6.81. The van der Waals surface area contributed by atoms with Gasteiger partial charge in [-0.15, -0.1) is 0 Å². The zero-order valence-electron chi connectivity index (χ0n) is 21.6. The molecule has 2 heterocycles. The van der Waals surface area contributed by atoms with E-state index < -0.39 is 18.3 Å². The smallest absolute Gasteiger partial charge is 0.410 e. The number of hydrogen-bond donors (Lipinski definition) is 2. The van der Waals surface area contributed by atoms with Gasteiger partial charge in [0.15, 0.2) is 17.5 Å². The largest absolute Gasteiger partial charge is 0.493 e. The molecule has 1 amide bonds. The molecule has 11 heteroatoms. The standard InChI is InChI=1S/C29H26ClF3N4O3/c1-39-24-11-9-19(13-25(24)40-2)22-14-26(29(31,32)33)37-27(35-22)15-23(36-37)18-8-10-20(21(30)12-18)28(38)34-16-17-6-4-3-5-7-17/h3-13,15,22,26,35H,14,16H2,1-2H3,(H,34,38). The number of carbonyl (C=O) groups excluding carboxylic acids is 1. The average molecular weight is 571 g/mol. The van der Waals surface area contributed by atoms with E-state index in [-0.39, 0.29) is 28.7 Å². The van der Waals surface area contributed by atoms with Gasteiger partial charge in [-0.2, -0.15) is 18.3 Å². The SMILES string of the molecule is COc1ccc(C2CC(C(F)(F)F)n3nc(-c4ccc(C(=O)NCc5ccccc5)c(Cl)c4)cc3N2)cc1OC. The maximum absolute atomic E-state index is 14.2. The molecular formula is C29H26ClF3N4O3. The van der Waals surface area contributed by atoms with E-state index in [1.54, 1.807) is 30.3 Å². The summed E-state index contributed by atoms with van der Waals surface area (Å²) >= 11 is 6.43. The summed E-state index contributed by atoms with van der Waals surface area (Å²) in [6.07, 6.45) is -4.80. The molecule has 0 bridgehead atoms. The highest BCUT2D eigenvalue weighted by Gasteiger charge is 2.46. The number of amides is 1. The van der Waals surface area contributed by atoms with Crippen molar-refractivity contribution in [2.45, 2.75) is 31.2 Å². The van der Waals surface area contributed by atoms with Crippen LogP contribution in [0, 0.1) is 0 Å². The van der Waals surface area contributed by atoms with Crippen molar-refractivity contribution in [2.75, 3.05) is 19.5 Å². The Balaban J connectivity index is 1.41. The fourth-order valence-electron chi connectivity index (χ4n) is 4.73. The number of halogens is 4. The summed E-state index contributed by atoms with van der Waals surface area (Å²) in [5.41, 5.74) is 2.59. The van der Waals surface area contributed by atoms with Crippen molar-refractivity contribution >= 4 is 23.3 Å².